The zero-order chi connectivity index (χ0) is 26.4. The molecule has 1 fully saturated rings. The number of aromatic nitrogens is 3. The summed E-state index contributed by atoms with van der Waals surface area (Å²) < 4.78 is 5.19. The number of anilines is 4. The molecule has 3 aromatic rings. The Hall–Kier alpha value is -3.47. The third-order valence-corrected chi connectivity index (χ3v) is 6.14. The lowest BCUT2D eigenvalue weighted by atomic mass is 10.2. The number of aryl methyl sites for hydroxylation is 1. The highest BCUT2D eigenvalue weighted by atomic mass is 16.6. The number of nitrogens with zero attached hydrogens (tertiary/aromatic N) is 3. The van der Waals surface area contributed by atoms with E-state index in [1.165, 1.54) is 19.3 Å². The van der Waals surface area contributed by atoms with Gasteiger partial charge in [-0.15, -0.1) is 0 Å². The number of hydrogen-bond donors (Lipinski definition) is 6. The molecule has 0 spiro atoms. The standard InChI is InChI=1S/C28H39N7O3/c36-23-13-11-21(12-14-23)31-27-33-26(34-28(35-27)32-22-8-7-9-24(37)18-22)10-3-1-4-15-29-16-5-2-6-17-30-19-25-20-38-25/h7-9,11-14,18,25,29-30,36-37H,1-6,10,15-17,19-20H2,(H2,31,32,33,34,35). The second kappa shape index (κ2) is 15.1. The predicted molar refractivity (Wildman–Crippen MR) is 149 cm³/mol. The predicted octanol–water partition coefficient (Wildman–Crippen LogP) is 4.23. The van der Waals surface area contributed by atoms with Gasteiger partial charge in [-0.1, -0.05) is 18.9 Å². The highest BCUT2D eigenvalue weighted by molar-refractivity contribution is 5.59. The van der Waals surface area contributed by atoms with Gasteiger partial charge in [-0.2, -0.15) is 15.0 Å². The number of phenols is 2. The number of nitrogens with one attached hydrogen (secondary N) is 4. The first kappa shape index (κ1) is 27.6. The lowest BCUT2D eigenvalue weighted by molar-refractivity contribution is 0.395. The molecule has 0 radical (unpaired) electrons. The van der Waals surface area contributed by atoms with Gasteiger partial charge in [0.25, 0.3) is 0 Å². The molecule has 2 aromatic carbocycles. The fraction of sp³-hybridized carbons (Fsp3) is 0.464. The Morgan fingerprint density at radius 1 is 0.711 bits per heavy atom. The average Bonchev–Trinajstić information content (AvgIpc) is 3.73. The molecule has 10 nitrogen and oxygen atoms in total. The summed E-state index contributed by atoms with van der Waals surface area (Å²) in [6, 6.07) is 13.6. The van der Waals surface area contributed by atoms with Crippen LogP contribution < -0.4 is 21.3 Å². The van der Waals surface area contributed by atoms with E-state index >= 15 is 0 Å². The summed E-state index contributed by atoms with van der Waals surface area (Å²) in [4.78, 5) is 13.7. The number of rotatable bonds is 18. The summed E-state index contributed by atoms with van der Waals surface area (Å²) in [5.41, 5.74) is 1.45. The Kier molecular flexibility index (Phi) is 10.9. The van der Waals surface area contributed by atoms with Crippen LogP contribution in [0.5, 0.6) is 11.5 Å². The van der Waals surface area contributed by atoms with E-state index < -0.39 is 0 Å². The highest BCUT2D eigenvalue weighted by Crippen LogP contribution is 2.21. The number of unbranched alkanes of at least 4 members (excludes halogenated alkanes) is 4. The molecule has 1 saturated heterocycles. The number of phenolic OH excluding ortho intramolecular Hbond substituents is 2. The number of epoxide rings is 1. The van der Waals surface area contributed by atoms with E-state index in [0.717, 1.165) is 64.2 Å². The minimum atomic E-state index is 0.164. The van der Waals surface area contributed by atoms with Crippen molar-refractivity contribution >= 4 is 23.3 Å². The van der Waals surface area contributed by atoms with Crippen molar-refractivity contribution in [3.05, 3.63) is 54.4 Å². The molecular formula is C28H39N7O3. The summed E-state index contributed by atoms with van der Waals surface area (Å²) in [5, 5.41) is 32.6. The van der Waals surface area contributed by atoms with Crippen LogP contribution in [0.2, 0.25) is 0 Å². The largest absolute Gasteiger partial charge is 0.508 e. The van der Waals surface area contributed by atoms with E-state index in [1.807, 2.05) is 6.07 Å². The molecule has 204 valence electrons. The van der Waals surface area contributed by atoms with Crippen LogP contribution in [0, 0.1) is 0 Å². The van der Waals surface area contributed by atoms with Crippen molar-refractivity contribution < 1.29 is 14.9 Å². The Morgan fingerprint density at radius 2 is 1.37 bits per heavy atom. The van der Waals surface area contributed by atoms with Gasteiger partial charge in [0.2, 0.25) is 11.9 Å². The van der Waals surface area contributed by atoms with Gasteiger partial charge < -0.3 is 36.2 Å². The molecule has 1 aromatic heterocycles. The summed E-state index contributed by atoms with van der Waals surface area (Å²) in [5.74, 6) is 1.87. The number of ether oxygens (including phenoxy) is 1. The molecule has 1 atom stereocenters. The molecule has 0 aliphatic carbocycles. The minimum Gasteiger partial charge on any atom is -0.508 e. The van der Waals surface area contributed by atoms with Gasteiger partial charge in [0.15, 0.2) is 0 Å². The van der Waals surface area contributed by atoms with Crippen molar-refractivity contribution in [3.63, 3.8) is 0 Å². The van der Waals surface area contributed by atoms with Gasteiger partial charge in [0.1, 0.15) is 17.3 Å². The van der Waals surface area contributed by atoms with Crippen molar-refractivity contribution in [2.75, 3.05) is 43.4 Å². The summed E-state index contributed by atoms with van der Waals surface area (Å²) in [6.45, 7) is 5.08. The molecule has 1 aliphatic heterocycles. The summed E-state index contributed by atoms with van der Waals surface area (Å²) in [7, 11) is 0. The Bertz CT molecular complexity index is 1110. The number of benzene rings is 2. The average molecular weight is 522 g/mol. The monoisotopic (exact) mass is 521 g/mol. The molecule has 38 heavy (non-hydrogen) atoms. The maximum absolute atomic E-state index is 9.78. The van der Waals surface area contributed by atoms with Crippen molar-refractivity contribution in [1.82, 2.24) is 25.6 Å². The highest BCUT2D eigenvalue weighted by Gasteiger charge is 2.20. The molecular weight excluding hydrogens is 482 g/mol. The maximum Gasteiger partial charge on any atom is 0.232 e. The fourth-order valence-electron chi connectivity index (χ4n) is 3.99. The van der Waals surface area contributed by atoms with Gasteiger partial charge in [0, 0.05) is 30.4 Å². The Morgan fingerprint density at radius 3 is 2.05 bits per heavy atom. The van der Waals surface area contributed by atoms with Crippen LogP contribution in [0.3, 0.4) is 0 Å². The van der Waals surface area contributed by atoms with Crippen molar-refractivity contribution in [2.45, 2.75) is 51.0 Å². The quantitative estimate of drug-likeness (QED) is 0.0818. The first-order valence-electron chi connectivity index (χ1n) is 13.5. The zero-order valence-electron chi connectivity index (χ0n) is 21.8. The SMILES string of the molecule is Oc1ccc(Nc2nc(CCCCCNCCCCCNCC3CO3)nc(Nc3cccc(O)c3)n2)cc1. The summed E-state index contributed by atoms with van der Waals surface area (Å²) >= 11 is 0. The van der Waals surface area contributed by atoms with Gasteiger partial charge >= 0.3 is 0 Å². The first-order chi connectivity index (χ1) is 18.6. The molecule has 0 saturated carbocycles. The summed E-state index contributed by atoms with van der Waals surface area (Å²) in [6.07, 6.45) is 8.04. The lowest BCUT2D eigenvalue weighted by Gasteiger charge is -2.11. The smallest absolute Gasteiger partial charge is 0.232 e. The van der Waals surface area contributed by atoms with Gasteiger partial charge in [0.05, 0.1) is 12.7 Å². The second-order valence-corrected chi connectivity index (χ2v) is 9.53. The Balaban J connectivity index is 1.18. The van der Waals surface area contributed by atoms with Crippen LogP contribution in [0.4, 0.5) is 23.3 Å². The second-order valence-electron chi connectivity index (χ2n) is 9.53. The van der Waals surface area contributed by atoms with E-state index in [9.17, 15) is 10.2 Å². The molecule has 0 bridgehead atoms. The topological polar surface area (TPSA) is 140 Å². The first-order valence-corrected chi connectivity index (χ1v) is 13.5. The third-order valence-electron chi connectivity index (χ3n) is 6.14. The minimum absolute atomic E-state index is 0.164. The molecule has 1 unspecified atom stereocenters. The van der Waals surface area contributed by atoms with Crippen LogP contribution >= 0.6 is 0 Å². The van der Waals surface area contributed by atoms with Crippen molar-refractivity contribution in [2.24, 2.45) is 0 Å². The van der Waals surface area contributed by atoms with E-state index in [4.69, 9.17) is 4.74 Å². The number of hydrogen-bond acceptors (Lipinski definition) is 10. The van der Waals surface area contributed by atoms with Gasteiger partial charge in [-0.3, -0.25) is 0 Å². The molecule has 6 N–H and O–H groups in total. The van der Waals surface area contributed by atoms with Gasteiger partial charge in [-0.05, 0) is 81.7 Å². The molecule has 4 rings (SSSR count). The molecule has 10 heteroatoms. The van der Waals surface area contributed by atoms with Gasteiger partial charge in [-0.25, -0.2) is 0 Å². The third kappa shape index (κ3) is 10.5. The van der Waals surface area contributed by atoms with Crippen LogP contribution in [-0.4, -0.2) is 64.1 Å². The van der Waals surface area contributed by atoms with Crippen molar-refractivity contribution in [1.29, 1.82) is 0 Å². The van der Waals surface area contributed by atoms with E-state index in [-0.39, 0.29) is 11.5 Å². The lowest BCUT2D eigenvalue weighted by Crippen LogP contribution is -2.21. The van der Waals surface area contributed by atoms with Crippen LogP contribution in [-0.2, 0) is 11.2 Å². The zero-order valence-corrected chi connectivity index (χ0v) is 21.8. The van der Waals surface area contributed by atoms with Crippen LogP contribution in [0.25, 0.3) is 0 Å². The fourth-order valence-corrected chi connectivity index (χ4v) is 3.99. The normalized spacial score (nSPS) is 14.4. The van der Waals surface area contributed by atoms with E-state index in [0.29, 0.717) is 29.5 Å². The Labute approximate surface area is 224 Å². The van der Waals surface area contributed by atoms with E-state index in [1.54, 1.807) is 42.5 Å². The number of aromatic hydroxyl groups is 2. The molecule has 2 heterocycles. The van der Waals surface area contributed by atoms with Crippen molar-refractivity contribution in [3.8, 4) is 11.5 Å². The molecule has 0 amide bonds. The van der Waals surface area contributed by atoms with E-state index in [2.05, 4.69) is 36.2 Å². The van der Waals surface area contributed by atoms with Crippen LogP contribution in [0.1, 0.15) is 44.3 Å². The van der Waals surface area contributed by atoms with Crippen LogP contribution in [0.15, 0.2) is 48.5 Å². The maximum atomic E-state index is 9.78. The molecule has 1 aliphatic rings.